The number of methoxy groups -OCH3 is 1. The largest absolute Gasteiger partial charge is 0.497 e. The maximum Gasteiger partial charge on any atom is 0.325 e. The van der Waals surface area contributed by atoms with E-state index in [1.54, 1.807) is 31.4 Å². The number of nitrogens with zero attached hydrogens (tertiary/aromatic N) is 2. The Morgan fingerprint density at radius 2 is 1.75 bits per heavy atom. The van der Waals surface area contributed by atoms with E-state index >= 15 is 0 Å². The van der Waals surface area contributed by atoms with Gasteiger partial charge in [0.1, 0.15) is 10.8 Å². The highest BCUT2D eigenvalue weighted by Crippen LogP contribution is 2.19. The van der Waals surface area contributed by atoms with Crippen LogP contribution in [0.4, 0.5) is 21.3 Å². The van der Waals surface area contributed by atoms with E-state index in [0.717, 1.165) is 22.6 Å². The van der Waals surface area contributed by atoms with Crippen LogP contribution in [0.15, 0.2) is 48.5 Å². The number of rotatable bonds is 6. The van der Waals surface area contributed by atoms with E-state index in [1.165, 1.54) is 0 Å². The predicted molar refractivity (Wildman–Crippen MR) is 109 cm³/mol. The molecular formula is C19H19N5O3S. The van der Waals surface area contributed by atoms with E-state index in [-0.39, 0.29) is 12.3 Å². The Balaban J connectivity index is 1.52. The molecule has 3 N–H and O–H groups in total. The SMILES string of the molecule is COc1ccc(NC(=O)Nc2nnc(CC(=O)Nc3ccccc3C)s2)cc1. The lowest BCUT2D eigenvalue weighted by molar-refractivity contribution is -0.115. The number of benzene rings is 2. The summed E-state index contributed by atoms with van der Waals surface area (Å²) in [5.41, 5.74) is 2.35. The number of nitrogens with one attached hydrogen (secondary N) is 3. The van der Waals surface area contributed by atoms with Gasteiger partial charge in [-0.3, -0.25) is 10.1 Å². The highest BCUT2D eigenvalue weighted by molar-refractivity contribution is 7.15. The van der Waals surface area contributed by atoms with E-state index in [2.05, 4.69) is 26.1 Å². The molecule has 2 aromatic carbocycles. The number of hydrogen-bond acceptors (Lipinski definition) is 6. The van der Waals surface area contributed by atoms with Gasteiger partial charge in [0, 0.05) is 11.4 Å². The van der Waals surface area contributed by atoms with Crippen molar-refractivity contribution in [1.82, 2.24) is 10.2 Å². The third-order valence-corrected chi connectivity index (χ3v) is 4.60. The number of carbonyl (C=O) groups is 2. The molecule has 28 heavy (non-hydrogen) atoms. The third kappa shape index (κ3) is 5.27. The highest BCUT2D eigenvalue weighted by Gasteiger charge is 2.12. The number of aryl methyl sites for hydroxylation is 1. The van der Waals surface area contributed by atoms with Crippen molar-refractivity contribution >= 4 is 39.8 Å². The molecule has 0 unspecified atom stereocenters. The molecule has 0 atom stereocenters. The van der Waals surface area contributed by atoms with Gasteiger partial charge in [-0.1, -0.05) is 29.5 Å². The van der Waals surface area contributed by atoms with Crippen molar-refractivity contribution in [3.8, 4) is 5.75 Å². The van der Waals surface area contributed by atoms with Gasteiger partial charge in [-0.2, -0.15) is 0 Å². The van der Waals surface area contributed by atoms with Gasteiger partial charge < -0.3 is 15.4 Å². The fourth-order valence-corrected chi connectivity index (χ4v) is 3.09. The van der Waals surface area contributed by atoms with Crippen LogP contribution >= 0.6 is 11.3 Å². The van der Waals surface area contributed by atoms with Crippen molar-refractivity contribution in [1.29, 1.82) is 0 Å². The number of ether oxygens (including phenoxy) is 1. The minimum Gasteiger partial charge on any atom is -0.497 e. The minimum atomic E-state index is -0.447. The molecule has 0 saturated carbocycles. The average Bonchev–Trinajstić information content (AvgIpc) is 3.10. The van der Waals surface area contributed by atoms with Crippen LogP contribution in [0.25, 0.3) is 0 Å². The zero-order valence-electron chi connectivity index (χ0n) is 15.4. The smallest absolute Gasteiger partial charge is 0.325 e. The molecule has 8 nitrogen and oxygen atoms in total. The monoisotopic (exact) mass is 397 g/mol. The van der Waals surface area contributed by atoms with Crippen molar-refractivity contribution in [2.24, 2.45) is 0 Å². The summed E-state index contributed by atoms with van der Waals surface area (Å²) in [7, 11) is 1.57. The molecular weight excluding hydrogens is 378 g/mol. The van der Waals surface area contributed by atoms with E-state index < -0.39 is 6.03 Å². The summed E-state index contributed by atoms with van der Waals surface area (Å²) < 4.78 is 5.07. The van der Waals surface area contributed by atoms with E-state index in [9.17, 15) is 9.59 Å². The molecule has 0 radical (unpaired) electrons. The number of para-hydroxylation sites is 1. The number of aromatic nitrogens is 2. The first-order valence-corrected chi connectivity index (χ1v) is 9.25. The van der Waals surface area contributed by atoms with Crippen molar-refractivity contribution in [2.45, 2.75) is 13.3 Å². The lowest BCUT2D eigenvalue weighted by Crippen LogP contribution is -2.19. The van der Waals surface area contributed by atoms with Crippen LogP contribution < -0.4 is 20.7 Å². The van der Waals surface area contributed by atoms with Crippen LogP contribution in [0.3, 0.4) is 0 Å². The standard InChI is InChI=1S/C19H19N5O3S/c1-12-5-3-4-6-15(12)21-16(25)11-17-23-24-19(28-17)22-18(26)20-13-7-9-14(27-2)10-8-13/h3-10H,11H2,1-2H3,(H,21,25)(H2,20,22,24,26). The van der Waals surface area contributed by atoms with Gasteiger partial charge in [0.25, 0.3) is 0 Å². The maximum absolute atomic E-state index is 12.2. The molecule has 3 amide bonds. The first-order chi connectivity index (χ1) is 13.5. The molecule has 0 bridgehead atoms. The van der Waals surface area contributed by atoms with E-state index in [1.807, 2.05) is 31.2 Å². The minimum absolute atomic E-state index is 0.0772. The maximum atomic E-state index is 12.2. The normalized spacial score (nSPS) is 10.2. The highest BCUT2D eigenvalue weighted by atomic mass is 32.1. The van der Waals surface area contributed by atoms with Crippen LogP contribution in [0.1, 0.15) is 10.6 Å². The summed E-state index contributed by atoms with van der Waals surface area (Å²) in [6.07, 6.45) is 0.0772. The third-order valence-electron chi connectivity index (χ3n) is 3.77. The molecule has 144 valence electrons. The van der Waals surface area contributed by atoms with Crippen LogP contribution in [-0.4, -0.2) is 29.2 Å². The Hall–Kier alpha value is -3.46. The molecule has 1 heterocycles. The molecule has 0 saturated heterocycles. The molecule has 0 spiro atoms. The lowest BCUT2D eigenvalue weighted by atomic mass is 10.2. The molecule has 9 heteroatoms. The van der Waals surface area contributed by atoms with E-state index in [4.69, 9.17) is 4.74 Å². The Kier molecular flexibility index (Phi) is 6.18. The van der Waals surface area contributed by atoms with Gasteiger partial charge in [-0.05, 0) is 42.8 Å². The fraction of sp³-hybridized carbons (Fsp3) is 0.158. The summed E-state index contributed by atoms with van der Waals surface area (Å²) in [5.74, 6) is 0.503. The van der Waals surface area contributed by atoms with Gasteiger partial charge in [-0.25, -0.2) is 4.79 Å². The molecule has 0 aliphatic carbocycles. The zero-order chi connectivity index (χ0) is 19.9. The van der Waals surface area contributed by atoms with Gasteiger partial charge in [0.2, 0.25) is 11.0 Å². The van der Waals surface area contributed by atoms with Crippen LogP contribution in [0.2, 0.25) is 0 Å². The number of hydrogen-bond donors (Lipinski definition) is 3. The summed E-state index contributed by atoms with van der Waals surface area (Å²) in [4.78, 5) is 24.2. The number of anilines is 3. The summed E-state index contributed by atoms with van der Waals surface area (Å²) in [5, 5.41) is 16.8. The Labute approximate surface area is 166 Å². The first-order valence-electron chi connectivity index (χ1n) is 8.43. The quantitative estimate of drug-likeness (QED) is 0.588. The van der Waals surface area contributed by atoms with Gasteiger partial charge in [-0.15, -0.1) is 10.2 Å². The van der Waals surface area contributed by atoms with Gasteiger partial charge >= 0.3 is 6.03 Å². The van der Waals surface area contributed by atoms with E-state index in [0.29, 0.717) is 21.6 Å². The van der Waals surface area contributed by atoms with Gasteiger partial charge in [0.05, 0.1) is 13.5 Å². The Bertz CT molecular complexity index is 972. The zero-order valence-corrected chi connectivity index (χ0v) is 16.2. The molecule has 0 aliphatic heterocycles. The topological polar surface area (TPSA) is 105 Å². The van der Waals surface area contributed by atoms with Crippen LogP contribution in [0, 0.1) is 6.92 Å². The Morgan fingerprint density at radius 3 is 2.46 bits per heavy atom. The molecule has 1 aromatic heterocycles. The molecule has 3 rings (SSSR count). The predicted octanol–water partition coefficient (Wildman–Crippen LogP) is 3.68. The average molecular weight is 397 g/mol. The van der Waals surface area contributed by atoms with Crippen LogP contribution in [-0.2, 0) is 11.2 Å². The van der Waals surface area contributed by atoms with Crippen molar-refractivity contribution < 1.29 is 14.3 Å². The van der Waals surface area contributed by atoms with Crippen molar-refractivity contribution in [2.75, 3.05) is 23.1 Å². The van der Waals surface area contributed by atoms with Crippen LogP contribution in [0.5, 0.6) is 5.75 Å². The molecule has 0 fully saturated rings. The molecule has 3 aromatic rings. The van der Waals surface area contributed by atoms with Gasteiger partial charge in [0.15, 0.2) is 0 Å². The first kappa shape index (κ1) is 19.3. The van der Waals surface area contributed by atoms with Crippen molar-refractivity contribution in [3.05, 3.63) is 59.1 Å². The summed E-state index contributed by atoms with van der Waals surface area (Å²) >= 11 is 1.15. The fourth-order valence-electron chi connectivity index (χ4n) is 2.35. The second-order valence-electron chi connectivity index (χ2n) is 5.85. The van der Waals surface area contributed by atoms with Crippen molar-refractivity contribution in [3.63, 3.8) is 0 Å². The second kappa shape index (κ2) is 8.96. The Morgan fingerprint density at radius 1 is 1.00 bits per heavy atom. The summed E-state index contributed by atoms with van der Waals surface area (Å²) in [6.45, 7) is 1.92. The number of urea groups is 1. The lowest BCUT2D eigenvalue weighted by Gasteiger charge is -2.06. The second-order valence-corrected chi connectivity index (χ2v) is 6.91. The molecule has 0 aliphatic rings. The number of amides is 3. The summed E-state index contributed by atoms with van der Waals surface area (Å²) in [6, 6.07) is 14.0. The number of carbonyl (C=O) groups excluding carboxylic acids is 2.